The summed E-state index contributed by atoms with van der Waals surface area (Å²) in [6, 6.07) is 9.37. The van der Waals surface area contributed by atoms with Gasteiger partial charge in [0.15, 0.2) is 0 Å². The van der Waals surface area contributed by atoms with Crippen LogP contribution in [0.15, 0.2) is 42.5 Å². The highest BCUT2D eigenvalue weighted by Crippen LogP contribution is 2.39. The summed E-state index contributed by atoms with van der Waals surface area (Å²) in [4.78, 5) is 14.9. The van der Waals surface area contributed by atoms with Gasteiger partial charge in [-0.1, -0.05) is 6.07 Å². The summed E-state index contributed by atoms with van der Waals surface area (Å²) in [5, 5.41) is 8.93. The van der Waals surface area contributed by atoms with Crippen LogP contribution in [-0.2, 0) is 6.18 Å². The zero-order valence-electron chi connectivity index (χ0n) is 14.1. The van der Waals surface area contributed by atoms with Crippen molar-refractivity contribution >= 4 is 17.3 Å². The Morgan fingerprint density at radius 2 is 1.63 bits per heavy atom. The third kappa shape index (κ3) is 3.09. The van der Waals surface area contributed by atoms with E-state index in [4.69, 9.17) is 5.11 Å². The van der Waals surface area contributed by atoms with Gasteiger partial charge in [0, 0.05) is 36.5 Å². The molecule has 4 nitrogen and oxygen atoms in total. The molecule has 0 amide bonds. The second-order valence-corrected chi connectivity index (χ2v) is 6.87. The molecule has 2 aliphatic rings. The maximum absolute atomic E-state index is 14.0. The van der Waals surface area contributed by atoms with E-state index in [1.807, 2.05) is 9.80 Å². The number of carboxylic acids is 1. The van der Waals surface area contributed by atoms with Crippen LogP contribution in [0.4, 0.5) is 28.9 Å². The van der Waals surface area contributed by atoms with Crippen molar-refractivity contribution in [3.63, 3.8) is 0 Å². The predicted molar refractivity (Wildman–Crippen MR) is 91.7 cm³/mol. The number of benzene rings is 2. The van der Waals surface area contributed by atoms with Gasteiger partial charge in [0.05, 0.1) is 11.1 Å². The summed E-state index contributed by atoms with van der Waals surface area (Å²) in [7, 11) is 0. The molecular weight excluding hydrogens is 364 g/mol. The Kier molecular flexibility index (Phi) is 4.01. The summed E-state index contributed by atoms with van der Waals surface area (Å²) in [6.45, 7) is 1.08. The van der Waals surface area contributed by atoms with Gasteiger partial charge in [-0.3, -0.25) is 0 Å². The van der Waals surface area contributed by atoms with Crippen molar-refractivity contribution in [2.45, 2.75) is 24.7 Å². The normalized spacial score (nSPS) is 21.8. The monoisotopic (exact) mass is 380 g/mol. The third-order valence-corrected chi connectivity index (χ3v) is 5.26. The van der Waals surface area contributed by atoms with E-state index in [1.165, 1.54) is 18.2 Å². The van der Waals surface area contributed by atoms with Crippen molar-refractivity contribution in [2.75, 3.05) is 22.9 Å². The fourth-order valence-corrected chi connectivity index (χ4v) is 4.02. The molecule has 1 N–H and O–H groups in total. The second-order valence-electron chi connectivity index (χ2n) is 6.87. The molecule has 4 rings (SSSR count). The van der Waals surface area contributed by atoms with Gasteiger partial charge in [-0.2, -0.15) is 13.2 Å². The zero-order chi connectivity index (χ0) is 19.3. The lowest BCUT2D eigenvalue weighted by atomic mass is 10.1. The summed E-state index contributed by atoms with van der Waals surface area (Å²) in [6.07, 6.45) is -3.62. The van der Waals surface area contributed by atoms with Crippen molar-refractivity contribution < 1.29 is 27.5 Å². The number of carboxylic acid groups (broad SMARTS) is 1. The van der Waals surface area contributed by atoms with Crippen LogP contribution < -0.4 is 9.80 Å². The Morgan fingerprint density at radius 3 is 2.15 bits per heavy atom. The van der Waals surface area contributed by atoms with Crippen LogP contribution in [0.3, 0.4) is 0 Å². The van der Waals surface area contributed by atoms with Crippen molar-refractivity contribution in [3.05, 3.63) is 59.4 Å². The Bertz CT molecular complexity index is 900. The molecule has 2 heterocycles. The van der Waals surface area contributed by atoms with E-state index >= 15 is 0 Å². The number of aromatic carboxylic acids is 1. The minimum Gasteiger partial charge on any atom is -0.478 e. The van der Waals surface area contributed by atoms with E-state index < -0.39 is 23.5 Å². The van der Waals surface area contributed by atoms with E-state index in [0.717, 1.165) is 18.6 Å². The first kappa shape index (κ1) is 17.6. The first-order valence-corrected chi connectivity index (χ1v) is 8.47. The van der Waals surface area contributed by atoms with Crippen LogP contribution in [-0.4, -0.2) is 36.2 Å². The molecule has 2 aromatic rings. The number of anilines is 2. The van der Waals surface area contributed by atoms with Crippen LogP contribution in [0.5, 0.6) is 0 Å². The van der Waals surface area contributed by atoms with E-state index in [9.17, 15) is 22.4 Å². The molecule has 2 bridgehead atoms. The molecule has 27 heavy (non-hydrogen) atoms. The Labute approximate surface area is 152 Å². The molecule has 0 unspecified atom stereocenters. The molecule has 8 heteroatoms. The average molecular weight is 380 g/mol. The molecule has 0 saturated carbocycles. The minimum atomic E-state index is -4.38. The molecule has 2 aliphatic heterocycles. The van der Waals surface area contributed by atoms with Crippen molar-refractivity contribution in [1.82, 2.24) is 0 Å². The fourth-order valence-electron chi connectivity index (χ4n) is 4.02. The van der Waals surface area contributed by atoms with E-state index in [2.05, 4.69) is 0 Å². The highest BCUT2D eigenvalue weighted by molar-refractivity contribution is 5.88. The Morgan fingerprint density at radius 1 is 1.00 bits per heavy atom. The number of alkyl halides is 3. The van der Waals surface area contributed by atoms with Crippen LogP contribution in [0, 0.1) is 5.82 Å². The number of nitrogens with zero attached hydrogens (tertiary/aromatic N) is 2. The highest BCUT2D eigenvalue weighted by atomic mass is 19.4. The molecule has 0 spiro atoms. The van der Waals surface area contributed by atoms with Gasteiger partial charge >= 0.3 is 12.1 Å². The van der Waals surface area contributed by atoms with Gasteiger partial charge in [-0.25, -0.2) is 9.18 Å². The smallest absolute Gasteiger partial charge is 0.416 e. The number of fused-ring (bicyclic) bond motifs is 2. The number of halogens is 4. The number of hydrogen-bond donors (Lipinski definition) is 1. The molecule has 0 aromatic heterocycles. The number of piperazine rings is 1. The first-order valence-electron chi connectivity index (χ1n) is 8.47. The highest BCUT2D eigenvalue weighted by Gasteiger charge is 2.44. The SMILES string of the molecule is O=C(O)c1ccc(N2C[C@@H]3C[C@H]2CN3c2cccc(C(F)(F)F)c2)cc1F. The second kappa shape index (κ2) is 6.14. The van der Waals surface area contributed by atoms with Gasteiger partial charge < -0.3 is 14.9 Å². The molecule has 2 fully saturated rings. The average Bonchev–Trinajstić information content (AvgIpc) is 3.21. The molecule has 2 saturated heterocycles. The van der Waals surface area contributed by atoms with Gasteiger partial charge in [-0.05, 0) is 42.8 Å². The first-order chi connectivity index (χ1) is 12.7. The van der Waals surface area contributed by atoms with E-state index in [0.29, 0.717) is 24.5 Å². The summed E-state index contributed by atoms with van der Waals surface area (Å²) < 4.78 is 52.8. The van der Waals surface area contributed by atoms with Crippen molar-refractivity contribution in [1.29, 1.82) is 0 Å². The molecule has 142 valence electrons. The predicted octanol–water partition coefficient (Wildman–Crippen LogP) is 4.01. The van der Waals surface area contributed by atoms with Crippen molar-refractivity contribution in [2.24, 2.45) is 0 Å². The van der Waals surface area contributed by atoms with Crippen LogP contribution in [0.25, 0.3) is 0 Å². The molecule has 2 atom stereocenters. The van der Waals surface area contributed by atoms with Gasteiger partial charge in [0.1, 0.15) is 5.82 Å². The van der Waals surface area contributed by atoms with Crippen LogP contribution >= 0.6 is 0 Å². The van der Waals surface area contributed by atoms with E-state index in [1.54, 1.807) is 12.1 Å². The number of carbonyl (C=O) groups is 1. The number of rotatable bonds is 3. The zero-order valence-corrected chi connectivity index (χ0v) is 14.1. The largest absolute Gasteiger partial charge is 0.478 e. The minimum absolute atomic E-state index is 0.0284. The standard InChI is InChI=1S/C19H16F4N2O2/c20-17-8-13(4-5-16(17)18(26)27)25-10-14-7-15(25)9-24(14)12-3-1-2-11(6-12)19(21,22)23/h1-6,8,14-15H,7,9-10H2,(H,26,27)/t14-,15-/m0/s1. The maximum atomic E-state index is 14.0. The summed E-state index contributed by atoms with van der Waals surface area (Å²) in [5.74, 6) is -2.12. The molecule has 0 radical (unpaired) electrons. The quantitative estimate of drug-likeness (QED) is 0.818. The van der Waals surface area contributed by atoms with E-state index in [-0.39, 0.29) is 17.6 Å². The van der Waals surface area contributed by atoms with Crippen molar-refractivity contribution in [3.8, 4) is 0 Å². The Balaban J connectivity index is 1.53. The van der Waals surface area contributed by atoms with Gasteiger partial charge in [0.25, 0.3) is 0 Å². The summed E-state index contributed by atoms with van der Waals surface area (Å²) in [5.41, 5.74) is 0.0673. The lowest BCUT2D eigenvalue weighted by molar-refractivity contribution is -0.137. The Hall–Kier alpha value is -2.77. The number of hydrogen-bond acceptors (Lipinski definition) is 3. The maximum Gasteiger partial charge on any atom is 0.416 e. The fraction of sp³-hybridized carbons (Fsp3) is 0.316. The lowest BCUT2D eigenvalue weighted by Crippen LogP contribution is -2.46. The summed E-state index contributed by atoms with van der Waals surface area (Å²) >= 11 is 0. The molecular formula is C19H16F4N2O2. The third-order valence-electron chi connectivity index (χ3n) is 5.26. The van der Waals surface area contributed by atoms with Crippen LogP contribution in [0.1, 0.15) is 22.3 Å². The van der Waals surface area contributed by atoms with Crippen LogP contribution in [0.2, 0.25) is 0 Å². The van der Waals surface area contributed by atoms with Gasteiger partial charge in [0.2, 0.25) is 0 Å². The molecule has 0 aliphatic carbocycles. The van der Waals surface area contributed by atoms with Gasteiger partial charge in [-0.15, -0.1) is 0 Å². The molecule has 2 aromatic carbocycles. The lowest BCUT2D eigenvalue weighted by Gasteiger charge is -2.37. The topological polar surface area (TPSA) is 43.8 Å².